The second kappa shape index (κ2) is 7.23. The third-order valence-electron chi connectivity index (χ3n) is 4.00. The van der Waals surface area contributed by atoms with Gasteiger partial charge in [0.15, 0.2) is 0 Å². The molecule has 1 N–H and O–H groups in total. The molecule has 0 radical (unpaired) electrons. The van der Waals surface area contributed by atoms with Gasteiger partial charge in [0, 0.05) is 6.20 Å². The molecule has 0 aliphatic rings. The van der Waals surface area contributed by atoms with Gasteiger partial charge in [-0.05, 0) is 42.8 Å². The smallest absolute Gasteiger partial charge is 0.471 e. The minimum absolute atomic E-state index is 0.136. The number of nitrogens with one attached hydrogen (secondary N) is 1. The minimum atomic E-state index is -5.15. The molecule has 0 saturated carbocycles. The van der Waals surface area contributed by atoms with E-state index in [0.717, 1.165) is 22.2 Å². The van der Waals surface area contributed by atoms with Crippen LogP contribution in [-0.4, -0.2) is 36.6 Å². The van der Waals surface area contributed by atoms with E-state index in [2.05, 4.69) is 4.98 Å². The van der Waals surface area contributed by atoms with Crippen molar-refractivity contribution < 1.29 is 31.1 Å². The molecule has 12 heteroatoms. The zero-order valence-electron chi connectivity index (χ0n) is 14.9. The van der Waals surface area contributed by atoms with Gasteiger partial charge >= 0.3 is 12.1 Å². The number of fused-ring (bicyclic) bond motifs is 1. The minimum Gasteiger partial charge on any atom is -0.495 e. The Morgan fingerprint density at radius 1 is 1.24 bits per heavy atom. The highest BCUT2D eigenvalue weighted by Gasteiger charge is 2.39. The summed E-state index contributed by atoms with van der Waals surface area (Å²) in [5.74, 6) is -2.39. The molecule has 154 valence electrons. The molecule has 0 saturated heterocycles. The fraction of sp³-hybridized carbons (Fsp3) is 0.176. The highest BCUT2D eigenvalue weighted by atomic mass is 35.5. The van der Waals surface area contributed by atoms with Crippen molar-refractivity contribution >= 4 is 44.3 Å². The summed E-state index contributed by atoms with van der Waals surface area (Å²) in [6.07, 6.45) is -3.83. The maximum Gasteiger partial charge on any atom is 0.471 e. The summed E-state index contributed by atoms with van der Waals surface area (Å²) < 4.78 is 69.8. The Morgan fingerprint density at radius 2 is 1.93 bits per heavy atom. The van der Waals surface area contributed by atoms with Crippen molar-refractivity contribution in [3.63, 3.8) is 0 Å². The van der Waals surface area contributed by atoms with Crippen molar-refractivity contribution in [1.29, 1.82) is 0 Å². The lowest BCUT2D eigenvalue weighted by atomic mass is 10.3. The molecule has 0 atom stereocenters. The van der Waals surface area contributed by atoms with Gasteiger partial charge in [0.05, 0.1) is 28.7 Å². The lowest BCUT2D eigenvalue weighted by Gasteiger charge is -2.14. The topological polar surface area (TPSA) is 90.3 Å². The van der Waals surface area contributed by atoms with Gasteiger partial charge in [-0.25, -0.2) is 17.4 Å². The summed E-state index contributed by atoms with van der Waals surface area (Å²) in [7, 11) is -3.06. The van der Waals surface area contributed by atoms with Gasteiger partial charge in [-0.3, -0.25) is 4.79 Å². The van der Waals surface area contributed by atoms with Gasteiger partial charge in [-0.1, -0.05) is 11.6 Å². The fourth-order valence-corrected chi connectivity index (χ4v) is 4.24. The number of hydrogen-bond acceptors (Lipinski definition) is 5. The number of benzene rings is 1. The second-order valence-corrected chi connectivity index (χ2v) is 8.13. The fourth-order valence-electron chi connectivity index (χ4n) is 2.65. The van der Waals surface area contributed by atoms with Crippen LogP contribution in [0.15, 0.2) is 41.4 Å². The van der Waals surface area contributed by atoms with Gasteiger partial charge < -0.3 is 10.1 Å². The lowest BCUT2D eigenvalue weighted by Crippen LogP contribution is -2.30. The third kappa shape index (κ3) is 3.87. The first-order valence-corrected chi connectivity index (χ1v) is 9.73. The molecule has 0 spiro atoms. The van der Waals surface area contributed by atoms with Crippen LogP contribution in [0, 0.1) is 6.92 Å². The monoisotopic (exact) mass is 447 g/mol. The van der Waals surface area contributed by atoms with Crippen molar-refractivity contribution in [1.82, 2.24) is 8.96 Å². The zero-order valence-corrected chi connectivity index (χ0v) is 16.5. The van der Waals surface area contributed by atoms with Crippen LogP contribution in [0.3, 0.4) is 0 Å². The first-order chi connectivity index (χ1) is 13.4. The highest BCUT2D eigenvalue weighted by Crippen LogP contribution is 2.32. The van der Waals surface area contributed by atoms with E-state index in [-0.39, 0.29) is 21.3 Å². The molecular formula is C17H13ClF3N3O4S. The molecule has 29 heavy (non-hydrogen) atoms. The number of ether oxygens (including phenoxy) is 1. The van der Waals surface area contributed by atoms with E-state index in [0.29, 0.717) is 11.1 Å². The van der Waals surface area contributed by atoms with Crippen LogP contribution in [0.2, 0.25) is 5.15 Å². The third-order valence-corrected chi connectivity index (χ3v) is 5.88. The molecule has 0 unspecified atom stereocenters. The van der Waals surface area contributed by atoms with E-state index in [4.69, 9.17) is 16.3 Å². The Balaban J connectivity index is 2.13. The summed E-state index contributed by atoms with van der Waals surface area (Å²) in [5.41, 5.74) is 0.694. The summed E-state index contributed by atoms with van der Waals surface area (Å²) in [6.45, 7) is 1.64. The number of rotatable bonds is 4. The molecule has 0 aliphatic carbocycles. The first-order valence-electron chi connectivity index (χ1n) is 7.91. The normalized spacial score (nSPS) is 12.2. The van der Waals surface area contributed by atoms with Gasteiger partial charge in [-0.15, -0.1) is 0 Å². The molecule has 2 heterocycles. The molecular weight excluding hydrogens is 435 g/mol. The number of methoxy groups -OCH3 is 1. The summed E-state index contributed by atoms with van der Waals surface area (Å²) >= 11 is 5.85. The summed E-state index contributed by atoms with van der Waals surface area (Å²) in [6, 6.07) is 6.07. The van der Waals surface area contributed by atoms with Crippen LogP contribution in [0.1, 0.15) is 5.56 Å². The molecule has 1 aromatic carbocycles. The van der Waals surface area contributed by atoms with Gasteiger partial charge in [0.2, 0.25) is 0 Å². The van der Waals surface area contributed by atoms with Gasteiger partial charge in [0.1, 0.15) is 10.9 Å². The SMILES string of the molecule is COc1ccc(S(=O)(=O)n2cc(C)c3nc(Cl)ccc32)cc1NC(=O)C(F)(F)F. The van der Waals surface area contributed by atoms with Gasteiger partial charge in [-0.2, -0.15) is 13.2 Å². The predicted molar refractivity (Wildman–Crippen MR) is 99.7 cm³/mol. The van der Waals surface area contributed by atoms with Crippen LogP contribution >= 0.6 is 11.6 Å². The number of hydrogen-bond donors (Lipinski definition) is 1. The van der Waals surface area contributed by atoms with Crippen molar-refractivity contribution in [2.45, 2.75) is 18.0 Å². The van der Waals surface area contributed by atoms with Crippen molar-refractivity contribution in [2.24, 2.45) is 0 Å². The zero-order chi connectivity index (χ0) is 21.6. The average molecular weight is 448 g/mol. The van der Waals surface area contributed by atoms with E-state index in [1.54, 1.807) is 12.2 Å². The van der Waals surface area contributed by atoms with E-state index in [1.165, 1.54) is 25.4 Å². The Kier molecular flexibility index (Phi) is 5.22. The van der Waals surface area contributed by atoms with Gasteiger partial charge in [0.25, 0.3) is 10.0 Å². The quantitative estimate of drug-likeness (QED) is 0.615. The van der Waals surface area contributed by atoms with E-state index in [9.17, 15) is 26.4 Å². The van der Waals surface area contributed by atoms with Crippen LogP contribution in [-0.2, 0) is 14.8 Å². The van der Waals surface area contributed by atoms with Crippen LogP contribution in [0.4, 0.5) is 18.9 Å². The molecule has 0 bridgehead atoms. The largest absolute Gasteiger partial charge is 0.495 e. The van der Waals surface area contributed by atoms with Crippen molar-refractivity contribution in [3.8, 4) is 5.75 Å². The Bertz CT molecular complexity index is 1220. The number of amides is 1. The van der Waals surface area contributed by atoms with E-state index >= 15 is 0 Å². The Hall–Kier alpha value is -2.79. The summed E-state index contributed by atoms with van der Waals surface area (Å²) in [5, 5.41) is 1.80. The number of carbonyl (C=O) groups excluding carboxylic acids is 1. The molecule has 3 aromatic rings. The number of carbonyl (C=O) groups is 1. The Labute approximate surface area is 168 Å². The number of anilines is 1. The maximum absolute atomic E-state index is 13.1. The molecule has 1 amide bonds. The number of pyridine rings is 1. The molecule has 7 nitrogen and oxygen atoms in total. The number of aromatic nitrogens is 2. The Morgan fingerprint density at radius 3 is 2.55 bits per heavy atom. The predicted octanol–water partition coefficient (Wildman–Crippen LogP) is 3.74. The lowest BCUT2D eigenvalue weighted by molar-refractivity contribution is -0.167. The van der Waals surface area contributed by atoms with Crippen LogP contribution < -0.4 is 10.1 Å². The van der Waals surface area contributed by atoms with Crippen molar-refractivity contribution in [2.75, 3.05) is 12.4 Å². The van der Waals surface area contributed by atoms with E-state index < -0.39 is 27.8 Å². The molecule has 0 fully saturated rings. The standard InChI is InChI=1S/C17H13ClF3N3O4S/c1-9-8-24(12-4-6-14(18)23-15(9)12)29(26,27)10-3-5-13(28-2)11(7-10)22-16(25)17(19,20)21/h3-8H,1-2H3,(H,22,25). The van der Waals surface area contributed by atoms with Crippen molar-refractivity contribution in [3.05, 3.63) is 47.2 Å². The van der Waals surface area contributed by atoms with Crippen LogP contribution in [0.25, 0.3) is 11.0 Å². The summed E-state index contributed by atoms with van der Waals surface area (Å²) in [4.78, 5) is 15.0. The number of halogens is 4. The van der Waals surface area contributed by atoms with Crippen LogP contribution in [0.5, 0.6) is 5.75 Å². The number of nitrogens with zero attached hydrogens (tertiary/aromatic N) is 2. The average Bonchev–Trinajstić information content (AvgIpc) is 2.97. The maximum atomic E-state index is 13.1. The molecule has 2 aromatic heterocycles. The number of alkyl halides is 3. The number of aryl methyl sites for hydroxylation is 1. The molecule has 0 aliphatic heterocycles. The highest BCUT2D eigenvalue weighted by molar-refractivity contribution is 7.90. The molecule has 3 rings (SSSR count). The van der Waals surface area contributed by atoms with E-state index in [1.807, 2.05) is 0 Å². The second-order valence-electron chi connectivity index (χ2n) is 5.93. The first kappa shape index (κ1) is 20.9.